The van der Waals surface area contributed by atoms with Crippen molar-refractivity contribution >= 4 is 0 Å². The van der Waals surface area contributed by atoms with E-state index in [1.54, 1.807) is 0 Å². The lowest BCUT2D eigenvalue weighted by Gasteiger charge is -2.32. The summed E-state index contributed by atoms with van der Waals surface area (Å²) in [5.41, 5.74) is 3.06. The van der Waals surface area contributed by atoms with Crippen molar-refractivity contribution in [3.05, 3.63) is 29.3 Å². The zero-order chi connectivity index (χ0) is 11.6. The SMILES string of the molecule is CCCCc1ccc2c(c1)OCCC2(C)C. The minimum absolute atomic E-state index is 0.275. The predicted octanol–water partition coefficient (Wildman–Crippen LogP) is 4.09. The quantitative estimate of drug-likeness (QED) is 0.742. The second kappa shape index (κ2) is 4.48. The number of rotatable bonds is 3. The van der Waals surface area contributed by atoms with Gasteiger partial charge in [0.1, 0.15) is 5.75 Å². The molecule has 1 aromatic rings. The molecule has 1 aliphatic rings. The van der Waals surface area contributed by atoms with Gasteiger partial charge >= 0.3 is 0 Å². The average Bonchev–Trinajstić information content (AvgIpc) is 2.25. The summed E-state index contributed by atoms with van der Waals surface area (Å²) in [6.07, 6.45) is 4.81. The third-order valence-electron chi connectivity index (χ3n) is 3.58. The molecule has 1 nitrogen and oxygen atoms in total. The van der Waals surface area contributed by atoms with E-state index in [-0.39, 0.29) is 5.41 Å². The summed E-state index contributed by atoms with van der Waals surface area (Å²) in [6, 6.07) is 6.77. The highest BCUT2D eigenvalue weighted by atomic mass is 16.5. The van der Waals surface area contributed by atoms with Crippen molar-refractivity contribution in [3.63, 3.8) is 0 Å². The van der Waals surface area contributed by atoms with Crippen LogP contribution < -0.4 is 4.74 Å². The molecule has 0 saturated carbocycles. The molecule has 0 N–H and O–H groups in total. The van der Waals surface area contributed by atoms with Gasteiger partial charge in [-0.3, -0.25) is 0 Å². The van der Waals surface area contributed by atoms with Gasteiger partial charge in [-0.2, -0.15) is 0 Å². The number of hydrogen-bond donors (Lipinski definition) is 0. The van der Waals surface area contributed by atoms with E-state index in [2.05, 4.69) is 39.0 Å². The highest BCUT2D eigenvalue weighted by Crippen LogP contribution is 2.38. The highest BCUT2D eigenvalue weighted by Gasteiger charge is 2.28. The molecule has 1 aromatic carbocycles. The fourth-order valence-corrected chi connectivity index (χ4v) is 2.33. The van der Waals surface area contributed by atoms with E-state index >= 15 is 0 Å². The van der Waals surface area contributed by atoms with E-state index in [0.29, 0.717) is 0 Å². The molecule has 2 rings (SSSR count). The maximum absolute atomic E-state index is 5.78. The lowest BCUT2D eigenvalue weighted by Crippen LogP contribution is -2.26. The van der Waals surface area contributed by atoms with Gasteiger partial charge < -0.3 is 4.74 Å². The third kappa shape index (κ3) is 2.23. The van der Waals surface area contributed by atoms with Crippen LogP contribution in [0.5, 0.6) is 5.75 Å². The first-order chi connectivity index (χ1) is 7.63. The largest absolute Gasteiger partial charge is 0.493 e. The van der Waals surface area contributed by atoms with E-state index in [1.807, 2.05) is 0 Å². The van der Waals surface area contributed by atoms with E-state index in [9.17, 15) is 0 Å². The second-order valence-electron chi connectivity index (χ2n) is 5.42. The molecule has 0 fully saturated rings. The van der Waals surface area contributed by atoms with Crippen LogP contribution in [0.4, 0.5) is 0 Å². The van der Waals surface area contributed by atoms with Crippen molar-refractivity contribution in [3.8, 4) is 5.75 Å². The van der Waals surface area contributed by atoms with Gasteiger partial charge in [0.05, 0.1) is 6.61 Å². The van der Waals surface area contributed by atoms with Crippen molar-refractivity contribution < 1.29 is 4.74 Å². The normalized spacial score (nSPS) is 17.7. The van der Waals surface area contributed by atoms with Gasteiger partial charge in [0, 0.05) is 0 Å². The monoisotopic (exact) mass is 218 g/mol. The number of fused-ring (bicyclic) bond motifs is 1. The van der Waals surface area contributed by atoms with Gasteiger partial charge in [-0.05, 0) is 41.9 Å². The Labute approximate surface area is 98.8 Å². The third-order valence-corrected chi connectivity index (χ3v) is 3.58. The standard InChI is InChI=1S/C15H22O/c1-4-5-6-12-7-8-13-14(11-12)16-10-9-15(13,2)3/h7-8,11H,4-6,9-10H2,1-3H3. The number of ether oxygens (including phenoxy) is 1. The van der Waals surface area contributed by atoms with Crippen molar-refractivity contribution in [1.29, 1.82) is 0 Å². The molecule has 0 aromatic heterocycles. The molecule has 0 spiro atoms. The first-order valence-electron chi connectivity index (χ1n) is 6.40. The van der Waals surface area contributed by atoms with E-state index in [4.69, 9.17) is 4.74 Å². The molecule has 1 aliphatic heterocycles. The molecule has 0 unspecified atom stereocenters. The van der Waals surface area contributed by atoms with Crippen LogP contribution in [0.15, 0.2) is 18.2 Å². The Morgan fingerprint density at radius 2 is 2.12 bits per heavy atom. The Hall–Kier alpha value is -0.980. The summed E-state index contributed by atoms with van der Waals surface area (Å²) in [4.78, 5) is 0. The van der Waals surface area contributed by atoms with E-state index in [0.717, 1.165) is 18.8 Å². The molecule has 88 valence electrons. The Morgan fingerprint density at radius 3 is 2.88 bits per heavy atom. The van der Waals surface area contributed by atoms with E-state index in [1.165, 1.54) is 30.4 Å². The Balaban J connectivity index is 2.25. The summed E-state index contributed by atoms with van der Waals surface area (Å²) >= 11 is 0. The Bertz CT molecular complexity index is 366. The molecule has 0 atom stereocenters. The number of unbranched alkanes of at least 4 members (excludes halogenated alkanes) is 1. The topological polar surface area (TPSA) is 9.23 Å². The van der Waals surface area contributed by atoms with Crippen molar-refractivity contribution in [2.24, 2.45) is 0 Å². The van der Waals surface area contributed by atoms with E-state index < -0.39 is 0 Å². The first-order valence-corrected chi connectivity index (χ1v) is 6.40. The van der Waals surface area contributed by atoms with Gasteiger partial charge in [0.15, 0.2) is 0 Å². The maximum Gasteiger partial charge on any atom is 0.123 e. The number of aryl methyl sites for hydroxylation is 1. The summed E-state index contributed by atoms with van der Waals surface area (Å²) in [6.45, 7) is 7.70. The fourth-order valence-electron chi connectivity index (χ4n) is 2.33. The zero-order valence-electron chi connectivity index (χ0n) is 10.7. The lowest BCUT2D eigenvalue weighted by molar-refractivity contribution is 0.234. The van der Waals surface area contributed by atoms with Crippen LogP contribution >= 0.6 is 0 Å². The maximum atomic E-state index is 5.78. The predicted molar refractivity (Wildman–Crippen MR) is 68.2 cm³/mol. The molecule has 0 amide bonds. The van der Waals surface area contributed by atoms with Crippen LogP contribution in [0.2, 0.25) is 0 Å². The van der Waals surface area contributed by atoms with Crippen molar-refractivity contribution in [2.75, 3.05) is 6.61 Å². The fraction of sp³-hybridized carbons (Fsp3) is 0.600. The smallest absolute Gasteiger partial charge is 0.123 e. The van der Waals surface area contributed by atoms with Crippen LogP contribution in [0, 0.1) is 0 Å². The molecule has 0 radical (unpaired) electrons. The minimum atomic E-state index is 0.275. The summed E-state index contributed by atoms with van der Waals surface area (Å²) < 4.78 is 5.78. The second-order valence-corrected chi connectivity index (χ2v) is 5.42. The molecule has 0 aliphatic carbocycles. The van der Waals surface area contributed by atoms with Crippen LogP contribution in [-0.4, -0.2) is 6.61 Å². The lowest BCUT2D eigenvalue weighted by atomic mass is 9.79. The number of benzene rings is 1. The van der Waals surface area contributed by atoms with Gasteiger partial charge in [-0.1, -0.05) is 39.3 Å². The van der Waals surface area contributed by atoms with Crippen LogP contribution in [-0.2, 0) is 11.8 Å². The van der Waals surface area contributed by atoms with Gasteiger partial charge in [-0.25, -0.2) is 0 Å². The van der Waals surface area contributed by atoms with Crippen molar-refractivity contribution in [1.82, 2.24) is 0 Å². The minimum Gasteiger partial charge on any atom is -0.493 e. The molecule has 1 heteroatoms. The van der Waals surface area contributed by atoms with Crippen LogP contribution in [0.1, 0.15) is 51.2 Å². The molecule has 1 heterocycles. The zero-order valence-corrected chi connectivity index (χ0v) is 10.7. The van der Waals surface area contributed by atoms with Gasteiger partial charge in [0.25, 0.3) is 0 Å². The molecule has 0 bridgehead atoms. The molecular formula is C15H22O. The number of hydrogen-bond acceptors (Lipinski definition) is 1. The van der Waals surface area contributed by atoms with Crippen LogP contribution in [0.25, 0.3) is 0 Å². The van der Waals surface area contributed by atoms with Crippen molar-refractivity contribution in [2.45, 2.75) is 51.9 Å². The molecule has 16 heavy (non-hydrogen) atoms. The summed E-state index contributed by atoms with van der Waals surface area (Å²) in [5, 5.41) is 0. The summed E-state index contributed by atoms with van der Waals surface area (Å²) in [5.74, 6) is 1.12. The molecule has 0 saturated heterocycles. The highest BCUT2D eigenvalue weighted by molar-refractivity contribution is 5.43. The Morgan fingerprint density at radius 1 is 1.31 bits per heavy atom. The first kappa shape index (κ1) is 11.5. The Kier molecular flexibility index (Phi) is 3.22. The summed E-state index contributed by atoms with van der Waals surface area (Å²) in [7, 11) is 0. The van der Waals surface area contributed by atoms with Gasteiger partial charge in [-0.15, -0.1) is 0 Å². The average molecular weight is 218 g/mol. The van der Waals surface area contributed by atoms with Gasteiger partial charge in [0.2, 0.25) is 0 Å². The molecular weight excluding hydrogens is 196 g/mol. The van der Waals surface area contributed by atoms with Crippen LogP contribution in [0.3, 0.4) is 0 Å².